The molecule has 0 spiro atoms. The van der Waals surface area contributed by atoms with Gasteiger partial charge in [-0.2, -0.15) is 15.0 Å². The molecule has 1 aliphatic rings. The van der Waals surface area contributed by atoms with Gasteiger partial charge in [-0.15, -0.1) is 6.58 Å². The monoisotopic (exact) mass is 521 g/mol. The van der Waals surface area contributed by atoms with E-state index in [-0.39, 0.29) is 5.75 Å². The number of nitrogens with one attached hydrogen (secondary N) is 1. The summed E-state index contributed by atoms with van der Waals surface area (Å²) in [5, 5.41) is 13.7. The quantitative estimate of drug-likeness (QED) is 0.342. The molecule has 37 heavy (non-hydrogen) atoms. The number of rotatable bonds is 12. The SMILES string of the molecule is C=CCN1CCN(c2nc(NCCc3ccc(O)cc3)nc(N(C)CCCc3ccc(Cl)cc3)n2)CC1. The molecule has 4 rings (SSSR count). The Hall–Kier alpha value is -3.36. The van der Waals surface area contributed by atoms with E-state index in [1.807, 2.05) is 37.4 Å². The number of phenols is 1. The van der Waals surface area contributed by atoms with Crippen molar-refractivity contribution in [3.05, 3.63) is 77.3 Å². The van der Waals surface area contributed by atoms with Gasteiger partial charge in [-0.3, -0.25) is 4.90 Å². The lowest BCUT2D eigenvalue weighted by Gasteiger charge is -2.34. The van der Waals surface area contributed by atoms with Gasteiger partial charge in [0.1, 0.15) is 5.75 Å². The molecule has 0 amide bonds. The van der Waals surface area contributed by atoms with Crippen molar-refractivity contribution in [2.75, 3.05) is 68.0 Å². The molecule has 0 aliphatic carbocycles. The van der Waals surface area contributed by atoms with E-state index in [2.05, 4.69) is 38.7 Å². The molecule has 1 aromatic heterocycles. The summed E-state index contributed by atoms with van der Waals surface area (Å²) in [6.45, 7) is 9.90. The predicted molar refractivity (Wildman–Crippen MR) is 152 cm³/mol. The second kappa shape index (κ2) is 13.3. The Kier molecular flexibility index (Phi) is 9.57. The maximum Gasteiger partial charge on any atom is 0.232 e. The Bertz CT molecular complexity index is 1130. The third-order valence-electron chi connectivity index (χ3n) is 6.50. The first-order valence-corrected chi connectivity index (χ1v) is 13.2. The molecule has 3 aromatic rings. The number of hydrogen-bond acceptors (Lipinski definition) is 8. The third kappa shape index (κ3) is 8.06. The van der Waals surface area contributed by atoms with Gasteiger partial charge in [0.05, 0.1) is 0 Å². The molecule has 2 N–H and O–H groups in total. The van der Waals surface area contributed by atoms with E-state index >= 15 is 0 Å². The number of halogens is 1. The molecule has 9 heteroatoms. The van der Waals surface area contributed by atoms with Crippen molar-refractivity contribution in [3.8, 4) is 5.75 Å². The van der Waals surface area contributed by atoms with Gasteiger partial charge in [-0.1, -0.05) is 41.9 Å². The number of anilines is 3. The van der Waals surface area contributed by atoms with E-state index in [1.165, 1.54) is 5.56 Å². The van der Waals surface area contributed by atoms with Crippen molar-refractivity contribution < 1.29 is 5.11 Å². The summed E-state index contributed by atoms with van der Waals surface area (Å²) in [7, 11) is 2.03. The fraction of sp³-hybridized carbons (Fsp3) is 0.393. The number of aryl methyl sites for hydroxylation is 1. The molecular formula is C28H36ClN7O. The van der Waals surface area contributed by atoms with Crippen LogP contribution in [0.15, 0.2) is 61.2 Å². The number of benzene rings is 2. The zero-order valence-electron chi connectivity index (χ0n) is 21.5. The molecule has 1 saturated heterocycles. The predicted octanol–water partition coefficient (Wildman–Crippen LogP) is 4.26. The van der Waals surface area contributed by atoms with Gasteiger partial charge in [-0.05, 0) is 54.7 Å². The maximum atomic E-state index is 9.52. The van der Waals surface area contributed by atoms with Crippen LogP contribution in [0.25, 0.3) is 0 Å². The standard InChI is InChI=1S/C28H36ClN7O/c1-3-16-35-18-20-36(21-19-35)28-32-26(30-15-14-23-8-12-25(37)13-9-23)31-27(33-28)34(2)17-4-5-22-6-10-24(29)11-7-22/h3,6-13,37H,1,4-5,14-21H2,2H3,(H,30,31,32,33). The van der Waals surface area contributed by atoms with Crippen molar-refractivity contribution in [1.29, 1.82) is 0 Å². The molecule has 2 heterocycles. The van der Waals surface area contributed by atoms with Gasteiger partial charge in [0.2, 0.25) is 17.8 Å². The zero-order chi connectivity index (χ0) is 26.0. The van der Waals surface area contributed by atoms with Crippen molar-refractivity contribution in [3.63, 3.8) is 0 Å². The van der Waals surface area contributed by atoms with Crippen LogP contribution in [0, 0.1) is 0 Å². The Labute approximate surface area is 224 Å². The van der Waals surface area contributed by atoms with Gasteiger partial charge in [0.25, 0.3) is 0 Å². The zero-order valence-corrected chi connectivity index (χ0v) is 22.2. The van der Waals surface area contributed by atoms with E-state index in [4.69, 9.17) is 26.6 Å². The van der Waals surface area contributed by atoms with Gasteiger partial charge in [0, 0.05) is 57.9 Å². The molecular weight excluding hydrogens is 486 g/mol. The van der Waals surface area contributed by atoms with Crippen LogP contribution < -0.4 is 15.1 Å². The van der Waals surface area contributed by atoms with Crippen molar-refractivity contribution >= 4 is 29.4 Å². The van der Waals surface area contributed by atoms with Crippen molar-refractivity contribution in [1.82, 2.24) is 19.9 Å². The van der Waals surface area contributed by atoms with Gasteiger partial charge in [0.15, 0.2) is 0 Å². The minimum atomic E-state index is 0.274. The summed E-state index contributed by atoms with van der Waals surface area (Å²) in [5.74, 6) is 2.23. The summed E-state index contributed by atoms with van der Waals surface area (Å²) in [6.07, 6.45) is 4.69. The summed E-state index contributed by atoms with van der Waals surface area (Å²) in [6, 6.07) is 15.3. The number of nitrogens with zero attached hydrogens (tertiary/aromatic N) is 6. The summed E-state index contributed by atoms with van der Waals surface area (Å²) >= 11 is 6.01. The first-order valence-electron chi connectivity index (χ1n) is 12.8. The fourth-order valence-corrected chi connectivity index (χ4v) is 4.44. The van der Waals surface area contributed by atoms with Crippen LogP contribution in [0.4, 0.5) is 17.8 Å². The van der Waals surface area contributed by atoms with E-state index in [1.54, 1.807) is 12.1 Å². The lowest BCUT2D eigenvalue weighted by atomic mass is 10.1. The number of piperazine rings is 1. The highest BCUT2D eigenvalue weighted by Crippen LogP contribution is 2.19. The molecule has 0 bridgehead atoms. The van der Waals surface area contributed by atoms with Crippen LogP contribution in [0.3, 0.4) is 0 Å². The fourth-order valence-electron chi connectivity index (χ4n) is 4.31. The largest absolute Gasteiger partial charge is 0.508 e. The normalized spacial score (nSPS) is 13.9. The highest BCUT2D eigenvalue weighted by molar-refractivity contribution is 6.30. The Balaban J connectivity index is 1.42. The minimum Gasteiger partial charge on any atom is -0.508 e. The molecule has 1 aliphatic heterocycles. The molecule has 196 valence electrons. The lowest BCUT2D eigenvalue weighted by molar-refractivity contribution is 0.282. The molecule has 2 aromatic carbocycles. The molecule has 8 nitrogen and oxygen atoms in total. The van der Waals surface area contributed by atoms with Crippen molar-refractivity contribution in [2.24, 2.45) is 0 Å². The molecule has 0 radical (unpaired) electrons. The van der Waals surface area contributed by atoms with Crippen LogP contribution in [0.1, 0.15) is 17.5 Å². The maximum absolute atomic E-state index is 9.52. The number of phenolic OH excluding ortho intramolecular Hbond substituents is 1. The smallest absolute Gasteiger partial charge is 0.232 e. The van der Waals surface area contributed by atoms with Crippen LogP contribution in [0.2, 0.25) is 5.02 Å². The van der Waals surface area contributed by atoms with E-state index in [9.17, 15) is 5.11 Å². The molecule has 0 atom stereocenters. The number of hydrogen-bond donors (Lipinski definition) is 2. The average molecular weight is 522 g/mol. The molecule has 1 fully saturated rings. The summed E-state index contributed by atoms with van der Waals surface area (Å²) in [5.41, 5.74) is 2.40. The Morgan fingerprint density at radius 1 is 0.973 bits per heavy atom. The minimum absolute atomic E-state index is 0.274. The molecule has 0 saturated carbocycles. The second-order valence-corrected chi connectivity index (χ2v) is 9.77. The van der Waals surface area contributed by atoms with E-state index < -0.39 is 0 Å². The number of aromatic nitrogens is 3. The summed E-state index contributed by atoms with van der Waals surface area (Å²) in [4.78, 5) is 21.1. The van der Waals surface area contributed by atoms with Gasteiger partial charge in [-0.25, -0.2) is 0 Å². The Morgan fingerprint density at radius 3 is 2.35 bits per heavy atom. The van der Waals surface area contributed by atoms with Crippen LogP contribution in [-0.2, 0) is 12.8 Å². The van der Waals surface area contributed by atoms with E-state index in [0.717, 1.165) is 69.1 Å². The Morgan fingerprint density at radius 2 is 1.65 bits per heavy atom. The van der Waals surface area contributed by atoms with Crippen LogP contribution in [0.5, 0.6) is 5.75 Å². The number of aromatic hydroxyl groups is 1. The van der Waals surface area contributed by atoms with Crippen LogP contribution >= 0.6 is 11.6 Å². The molecule has 0 unspecified atom stereocenters. The van der Waals surface area contributed by atoms with E-state index in [0.29, 0.717) is 24.4 Å². The topological polar surface area (TPSA) is 80.6 Å². The van der Waals surface area contributed by atoms with Crippen molar-refractivity contribution in [2.45, 2.75) is 19.3 Å². The summed E-state index contributed by atoms with van der Waals surface area (Å²) < 4.78 is 0. The third-order valence-corrected chi connectivity index (χ3v) is 6.75. The first-order chi connectivity index (χ1) is 18.0. The highest BCUT2D eigenvalue weighted by Gasteiger charge is 2.20. The van der Waals surface area contributed by atoms with Crippen LogP contribution in [-0.4, -0.2) is 77.8 Å². The second-order valence-electron chi connectivity index (χ2n) is 9.33. The lowest BCUT2D eigenvalue weighted by Crippen LogP contribution is -2.47. The first kappa shape index (κ1) is 26.7. The highest BCUT2D eigenvalue weighted by atomic mass is 35.5. The average Bonchev–Trinajstić information content (AvgIpc) is 2.91. The van der Waals surface area contributed by atoms with Gasteiger partial charge < -0.3 is 20.2 Å². The van der Waals surface area contributed by atoms with Gasteiger partial charge >= 0.3 is 0 Å².